The Bertz CT molecular complexity index is 2700. The van der Waals surface area contributed by atoms with Gasteiger partial charge in [0.05, 0.1) is 11.1 Å². The summed E-state index contributed by atoms with van der Waals surface area (Å²) in [5, 5.41) is 2.53. The van der Waals surface area contributed by atoms with E-state index in [1.807, 2.05) is 0 Å². The molecule has 0 aliphatic heterocycles. The summed E-state index contributed by atoms with van der Waals surface area (Å²) in [7, 11) is 0. The molecule has 0 heterocycles. The fourth-order valence-corrected chi connectivity index (χ4v) is 8.81. The summed E-state index contributed by atoms with van der Waals surface area (Å²) in [5.41, 5.74) is 15.4. The number of hydrogen-bond acceptors (Lipinski definition) is 1. The lowest BCUT2D eigenvalue weighted by molar-refractivity contribution is 0.768. The summed E-state index contributed by atoms with van der Waals surface area (Å²) < 4.78 is 0. The van der Waals surface area contributed by atoms with Crippen LogP contribution in [0.25, 0.3) is 44.2 Å². The first-order valence-electron chi connectivity index (χ1n) is 18.7. The van der Waals surface area contributed by atoms with E-state index in [0.29, 0.717) is 0 Å². The summed E-state index contributed by atoms with van der Waals surface area (Å²) in [4.78, 5) is 2.44. The number of hydrogen-bond donors (Lipinski definition) is 0. The molecule has 9 aromatic rings. The summed E-state index contributed by atoms with van der Waals surface area (Å²) in [6.07, 6.45) is 0. The van der Waals surface area contributed by atoms with Crippen molar-refractivity contribution in [2.45, 2.75) is 5.41 Å². The molecule has 54 heavy (non-hydrogen) atoms. The van der Waals surface area contributed by atoms with Crippen LogP contribution in [0.2, 0.25) is 0 Å². The molecule has 254 valence electrons. The predicted octanol–water partition coefficient (Wildman–Crippen LogP) is 14.0. The molecule has 0 saturated carbocycles. The standard InChI is InChI=1S/C53H37N/c1-4-20-42(21-5-1)53(43-22-6-2-7-23-43)49-30-13-12-28-48(49)52-50(53)31-16-32-51(52)54(44-24-8-3-9-25-44)45-26-14-19-41(37-45)38-33-35-40(36-34-38)47-29-15-18-39-17-10-11-27-46(39)47/h1-37H. The monoisotopic (exact) mass is 687 g/mol. The van der Waals surface area contributed by atoms with E-state index in [0.717, 1.165) is 17.1 Å². The molecule has 0 amide bonds. The van der Waals surface area contributed by atoms with Crippen molar-refractivity contribution >= 4 is 27.8 Å². The maximum atomic E-state index is 2.44. The molecule has 0 aromatic heterocycles. The largest absolute Gasteiger partial charge is 0.310 e. The Morgan fingerprint density at radius 2 is 0.870 bits per heavy atom. The van der Waals surface area contributed by atoms with Crippen LogP contribution in [-0.4, -0.2) is 0 Å². The van der Waals surface area contributed by atoms with Gasteiger partial charge in [-0.2, -0.15) is 0 Å². The number of benzene rings is 9. The molecule has 0 unspecified atom stereocenters. The quantitative estimate of drug-likeness (QED) is 0.161. The fourth-order valence-electron chi connectivity index (χ4n) is 8.81. The Balaban J connectivity index is 1.15. The topological polar surface area (TPSA) is 3.24 Å². The Morgan fingerprint density at radius 3 is 1.63 bits per heavy atom. The first kappa shape index (κ1) is 31.7. The van der Waals surface area contributed by atoms with Crippen LogP contribution in [0.1, 0.15) is 22.3 Å². The zero-order valence-corrected chi connectivity index (χ0v) is 29.8. The van der Waals surface area contributed by atoms with Crippen LogP contribution in [0, 0.1) is 0 Å². The number of fused-ring (bicyclic) bond motifs is 4. The molecule has 1 aliphatic rings. The highest BCUT2D eigenvalue weighted by Crippen LogP contribution is 2.59. The summed E-state index contributed by atoms with van der Waals surface area (Å²) in [6, 6.07) is 81.9. The Morgan fingerprint density at radius 1 is 0.333 bits per heavy atom. The van der Waals surface area contributed by atoms with Gasteiger partial charge in [-0.15, -0.1) is 0 Å². The van der Waals surface area contributed by atoms with Gasteiger partial charge in [-0.1, -0.05) is 194 Å². The minimum atomic E-state index is -0.472. The normalized spacial score (nSPS) is 12.6. The predicted molar refractivity (Wildman–Crippen MR) is 227 cm³/mol. The minimum absolute atomic E-state index is 0.472. The lowest BCUT2D eigenvalue weighted by Gasteiger charge is -2.34. The molecule has 10 rings (SSSR count). The van der Waals surface area contributed by atoms with E-state index in [4.69, 9.17) is 0 Å². The zero-order chi connectivity index (χ0) is 35.9. The van der Waals surface area contributed by atoms with E-state index >= 15 is 0 Å². The Labute approximate surface area is 317 Å². The van der Waals surface area contributed by atoms with E-state index in [1.165, 1.54) is 66.4 Å². The molecule has 0 fully saturated rings. The van der Waals surface area contributed by atoms with Crippen molar-refractivity contribution in [3.05, 3.63) is 247 Å². The van der Waals surface area contributed by atoms with Gasteiger partial charge in [0.15, 0.2) is 0 Å². The van der Waals surface area contributed by atoms with Gasteiger partial charge in [0, 0.05) is 16.9 Å². The molecule has 0 radical (unpaired) electrons. The van der Waals surface area contributed by atoms with Crippen LogP contribution in [-0.2, 0) is 5.41 Å². The van der Waals surface area contributed by atoms with Crippen molar-refractivity contribution in [1.82, 2.24) is 0 Å². The van der Waals surface area contributed by atoms with E-state index in [1.54, 1.807) is 0 Å². The highest BCUT2D eigenvalue weighted by Gasteiger charge is 2.47. The van der Waals surface area contributed by atoms with Crippen molar-refractivity contribution in [2.24, 2.45) is 0 Å². The number of anilines is 3. The van der Waals surface area contributed by atoms with Gasteiger partial charge < -0.3 is 4.90 Å². The van der Waals surface area contributed by atoms with E-state index in [2.05, 4.69) is 229 Å². The van der Waals surface area contributed by atoms with Gasteiger partial charge in [-0.3, -0.25) is 0 Å². The molecule has 1 heteroatoms. The molecule has 0 atom stereocenters. The molecule has 0 spiro atoms. The van der Waals surface area contributed by atoms with Crippen LogP contribution in [0.15, 0.2) is 224 Å². The second kappa shape index (κ2) is 13.2. The molecule has 9 aromatic carbocycles. The van der Waals surface area contributed by atoms with E-state index in [-0.39, 0.29) is 0 Å². The van der Waals surface area contributed by atoms with Crippen molar-refractivity contribution in [1.29, 1.82) is 0 Å². The fraction of sp³-hybridized carbons (Fsp3) is 0.0189. The summed E-state index contributed by atoms with van der Waals surface area (Å²) >= 11 is 0. The van der Waals surface area contributed by atoms with Crippen molar-refractivity contribution < 1.29 is 0 Å². The number of nitrogens with zero attached hydrogens (tertiary/aromatic N) is 1. The van der Waals surface area contributed by atoms with Gasteiger partial charge in [-0.05, 0) is 91.2 Å². The van der Waals surface area contributed by atoms with Gasteiger partial charge in [0.1, 0.15) is 0 Å². The van der Waals surface area contributed by atoms with Gasteiger partial charge in [-0.25, -0.2) is 0 Å². The molecule has 1 aliphatic carbocycles. The van der Waals surface area contributed by atoms with Gasteiger partial charge in [0.25, 0.3) is 0 Å². The third kappa shape index (κ3) is 5.09. The maximum absolute atomic E-state index is 2.44. The third-order valence-electron chi connectivity index (χ3n) is 11.1. The Kier molecular flexibility index (Phi) is 7.78. The van der Waals surface area contributed by atoms with Crippen LogP contribution in [0.4, 0.5) is 17.1 Å². The minimum Gasteiger partial charge on any atom is -0.310 e. The number of rotatable bonds is 7. The average Bonchev–Trinajstić information content (AvgIpc) is 3.56. The molecule has 0 N–H and O–H groups in total. The molecule has 0 saturated heterocycles. The highest BCUT2D eigenvalue weighted by molar-refractivity contribution is 5.99. The van der Waals surface area contributed by atoms with Crippen molar-refractivity contribution in [3.8, 4) is 33.4 Å². The summed E-state index contributed by atoms with van der Waals surface area (Å²) in [5.74, 6) is 0. The van der Waals surface area contributed by atoms with Crippen LogP contribution >= 0.6 is 0 Å². The lowest BCUT2D eigenvalue weighted by atomic mass is 9.68. The molecule has 1 nitrogen and oxygen atoms in total. The third-order valence-corrected chi connectivity index (χ3v) is 11.1. The Hall–Kier alpha value is -6.96. The van der Waals surface area contributed by atoms with Gasteiger partial charge >= 0.3 is 0 Å². The smallest absolute Gasteiger partial charge is 0.0714 e. The molecule has 0 bridgehead atoms. The second-order valence-electron chi connectivity index (χ2n) is 14.1. The first-order chi connectivity index (χ1) is 26.8. The van der Waals surface area contributed by atoms with E-state index < -0.39 is 5.41 Å². The molecular weight excluding hydrogens is 651 g/mol. The van der Waals surface area contributed by atoms with Crippen molar-refractivity contribution in [3.63, 3.8) is 0 Å². The van der Waals surface area contributed by atoms with Gasteiger partial charge in [0.2, 0.25) is 0 Å². The number of para-hydroxylation sites is 1. The first-order valence-corrected chi connectivity index (χ1v) is 18.7. The van der Waals surface area contributed by atoms with Crippen LogP contribution in [0.3, 0.4) is 0 Å². The van der Waals surface area contributed by atoms with E-state index in [9.17, 15) is 0 Å². The lowest BCUT2D eigenvalue weighted by Crippen LogP contribution is -2.28. The summed E-state index contributed by atoms with van der Waals surface area (Å²) in [6.45, 7) is 0. The average molecular weight is 688 g/mol. The highest BCUT2D eigenvalue weighted by atomic mass is 15.1. The second-order valence-corrected chi connectivity index (χ2v) is 14.1. The zero-order valence-electron chi connectivity index (χ0n) is 29.8. The SMILES string of the molecule is c1ccc(N(c2cccc(-c3ccc(-c4cccc5ccccc45)cc3)c2)c2cccc3c2-c2ccccc2C3(c2ccccc2)c2ccccc2)cc1. The van der Waals surface area contributed by atoms with Crippen molar-refractivity contribution in [2.75, 3.05) is 4.90 Å². The molecular formula is C53H37N. The van der Waals surface area contributed by atoms with Crippen LogP contribution < -0.4 is 4.90 Å². The maximum Gasteiger partial charge on any atom is 0.0714 e. The van der Waals surface area contributed by atoms with Crippen LogP contribution in [0.5, 0.6) is 0 Å².